The van der Waals surface area contributed by atoms with Gasteiger partial charge in [-0.25, -0.2) is 0 Å². The van der Waals surface area contributed by atoms with Crippen molar-refractivity contribution < 1.29 is 4.74 Å². The fourth-order valence-electron chi connectivity index (χ4n) is 2.36. The number of hydrogen-bond acceptors (Lipinski definition) is 3. The molecule has 0 saturated heterocycles. The van der Waals surface area contributed by atoms with E-state index in [-0.39, 0.29) is 0 Å². The molecular formula is C19H21N5O. The van der Waals surface area contributed by atoms with Gasteiger partial charge in [0.25, 0.3) is 0 Å². The van der Waals surface area contributed by atoms with Crippen LogP contribution in [0.3, 0.4) is 0 Å². The lowest BCUT2D eigenvalue weighted by molar-refractivity contribution is 0.483. The van der Waals surface area contributed by atoms with Crippen molar-refractivity contribution in [3.05, 3.63) is 72.6 Å². The molecule has 0 spiro atoms. The predicted octanol–water partition coefficient (Wildman–Crippen LogP) is 3.18. The van der Waals surface area contributed by atoms with Gasteiger partial charge < -0.3 is 15.8 Å². The maximum Gasteiger partial charge on any atom is 0.193 e. The number of aryl methyl sites for hydroxylation is 1. The number of benzene rings is 2. The zero-order chi connectivity index (χ0) is 17.5. The zero-order valence-corrected chi connectivity index (χ0v) is 14.1. The Morgan fingerprint density at radius 1 is 1.16 bits per heavy atom. The summed E-state index contributed by atoms with van der Waals surface area (Å²) in [5.41, 5.74) is 7.92. The normalized spacial score (nSPS) is 11.3. The van der Waals surface area contributed by atoms with Gasteiger partial charge in [-0.15, -0.1) is 0 Å². The summed E-state index contributed by atoms with van der Waals surface area (Å²) >= 11 is 0. The standard InChI is InChI=1S/C19H21N5O/c1-24-14-15(13-22-24)10-11-21-19(20)23-16-6-5-9-18(12-16)25-17-7-3-2-4-8-17/h2-9,12-14H,10-11H2,1H3,(H3,20,21,23). The van der Waals surface area contributed by atoms with E-state index in [9.17, 15) is 0 Å². The summed E-state index contributed by atoms with van der Waals surface area (Å²) in [6, 6.07) is 17.3. The third kappa shape index (κ3) is 5.10. The quantitative estimate of drug-likeness (QED) is 0.536. The molecule has 2 aromatic carbocycles. The number of nitrogens with one attached hydrogen (secondary N) is 1. The van der Waals surface area contributed by atoms with E-state index in [0.717, 1.165) is 29.2 Å². The van der Waals surface area contributed by atoms with Gasteiger partial charge in [0.2, 0.25) is 0 Å². The second-order valence-corrected chi connectivity index (χ2v) is 5.61. The average molecular weight is 335 g/mol. The van der Waals surface area contributed by atoms with E-state index in [4.69, 9.17) is 10.5 Å². The second kappa shape index (κ2) is 8.01. The fraction of sp³-hybridized carbons (Fsp3) is 0.158. The molecule has 0 aliphatic carbocycles. The molecule has 0 aliphatic heterocycles. The number of anilines is 1. The summed E-state index contributed by atoms with van der Waals surface area (Å²) in [7, 11) is 1.90. The molecular weight excluding hydrogens is 314 g/mol. The molecule has 0 bridgehead atoms. The minimum atomic E-state index is 0.376. The third-order valence-corrected chi connectivity index (χ3v) is 3.53. The van der Waals surface area contributed by atoms with Crippen LogP contribution in [0.4, 0.5) is 5.69 Å². The Morgan fingerprint density at radius 2 is 1.96 bits per heavy atom. The summed E-state index contributed by atoms with van der Waals surface area (Å²) < 4.78 is 7.59. The fourth-order valence-corrected chi connectivity index (χ4v) is 2.36. The topological polar surface area (TPSA) is 77.5 Å². The van der Waals surface area contributed by atoms with Crippen molar-refractivity contribution in [1.82, 2.24) is 9.78 Å². The molecule has 1 aromatic heterocycles. The molecule has 0 aliphatic rings. The monoisotopic (exact) mass is 335 g/mol. The van der Waals surface area contributed by atoms with Crippen LogP contribution in [0.5, 0.6) is 11.5 Å². The molecule has 0 fully saturated rings. The Labute approximate surface area is 147 Å². The van der Waals surface area contributed by atoms with Crippen LogP contribution >= 0.6 is 0 Å². The third-order valence-electron chi connectivity index (χ3n) is 3.53. The highest BCUT2D eigenvalue weighted by molar-refractivity contribution is 5.92. The minimum Gasteiger partial charge on any atom is -0.457 e. The molecule has 1 heterocycles. The SMILES string of the molecule is Cn1cc(CCN=C(N)Nc2cccc(Oc3ccccc3)c2)cn1. The number of aliphatic imine (C=N–C) groups is 1. The summed E-state index contributed by atoms with van der Waals surface area (Å²) in [5, 5.41) is 7.22. The molecule has 3 N–H and O–H groups in total. The van der Waals surface area contributed by atoms with Crippen molar-refractivity contribution in [2.45, 2.75) is 6.42 Å². The van der Waals surface area contributed by atoms with E-state index in [0.29, 0.717) is 12.5 Å². The van der Waals surface area contributed by atoms with E-state index < -0.39 is 0 Å². The number of nitrogens with zero attached hydrogens (tertiary/aromatic N) is 3. The molecule has 6 heteroatoms. The van der Waals surface area contributed by atoms with Gasteiger partial charge in [-0.3, -0.25) is 9.67 Å². The van der Waals surface area contributed by atoms with Gasteiger partial charge in [-0.05, 0) is 36.2 Å². The number of guanidine groups is 1. The molecule has 128 valence electrons. The Balaban J connectivity index is 1.56. The van der Waals surface area contributed by atoms with Gasteiger partial charge in [0.15, 0.2) is 5.96 Å². The molecule has 6 nitrogen and oxygen atoms in total. The van der Waals surface area contributed by atoms with Gasteiger partial charge in [-0.2, -0.15) is 5.10 Å². The van der Waals surface area contributed by atoms with Crippen LogP contribution < -0.4 is 15.8 Å². The van der Waals surface area contributed by atoms with Crippen LogP contribution in [0.15, 0.2) is 72.0 Å². The predicted molar refractivity (Wildman–Crippen MR) is 100.0 cm³/mol. The van der Waals surface area contributed by atoms with E-state index >= 15 is 0 Å². The van der Waals surface area contributed by atoms with Crippen LogP contribution in [0.1, 0.15) is 5.56 Å². The minimum absolute atomic E-state index is 0.376. The Kier molecular flexibility index (Phi) is 5.31. The Hall–Kier alpha value is -3.28. The van der Waals surface area contributed by atoms with Crippen LogP contribution in [0.25, 0.3) is 0 Å². The smallest absolute Gasteiger partial charge is 0.193 e. The number of nitrogens with two attached hydrogens (primary N) is 1. The summed E-state index contributed by atoms with van der Waals surface area (Å²) in [6.07, 6.45) is 4.61. The number of ether oxygens (including phenoxy) is 1. The molecule has 0 amide bonds. The first-order valence-corrected chi connectivity index (χ1v) is 8.06. The second-order valence-electron chi connectivity index (χ2n) is 5.61. The summed E-state index contributed by atoms with van der Waals surface area (Å²) in [6.45, 7) is 0.602. The van der Waals surface area contributed by atoms with E-state index in [1.165, 1.54) is 0 Å². The van der Waals surface area contributed by atoms with Gasteiger partial charge in [0, 0.05) is 31.5 Å². The van der Waals surface area contributed by atoms with E-state index in [2.05, 4.69) is 15.4 Å². The average Bonchev–Trinajstić information content (AvgIpc) is 3.01. The highest BCUT2D eigenvalue weighted by atomic mass is 16.5. The lowest BCUT2D eigenvalue weighted by Gasteiger charge is -2.09. The van der Waals surface area contributed by atoms with Crippen LogP contribution in [-0.4, -0.2) is 22.3 Å². The number of hydrogen-bond donors (Lipinski definition) is 2. The lowest BCUT2D eigenvalue weighted by Crippen LogP contribution is -2.23. The highest BCUT2D eigenvalue weighted by Gasteiger charge is 2.01. The Bertz CT molecular complexity index is 842. The van der Waals surface area contributed by atoms with E-state index in [1.54, 1.807) is 4.68 Å². The molecule has 0 unspecified atom stereocenters. The maximum absolute atomic E-state index is 5.95. The summed E-state index contributed by atoms with van der Waals surface area (Å²) in [5.74, 6) is 1.90. The molecule has 0 saturated carbocycles. The number of para-hydroxylation sites is 1. The van der Waals surface area contributed by atoms with Crippen molar-refractivity contribution >= 4 is 11.6 Å². The first-order valence-electron chi connectivity index (χ1n) is 8.06. The largest absolute Gasteiger partial charge is 0.457 e. The Morgan fingerprint density at radius 3 is 2.72 bits per heavy atom. The molecule has 3 aromatic rings. The molecule has 3 rings (SSSR count). The highest BCUT2D eigenvalue weighted by Crippen LogP contribution is 2.23. The van der Waals surface area contributed by atoms with Gasteiger partial charge in [-0.1, -0.05) is 24.3 Å². The van der Waals surface area contributed by atoms with E-state index in [1.807, 2.05) is 74.0 Å². The first kappa shape index (κ1) is 16.6. The summed E-state index contributed by atoms with van der Waals surface area (Å²) in [4.78, 5) is 4.34. The van der Waals surface area contributed by atoms with Crippen molar-refractivity contribution in [3.8, 4) is 11.5 Å². The lowest BCUT2D eigenvalue weighted by atomic mass is 10.2. The van der Waals surface area contributed by atoms with Crippen molar-refractivity contribution in [2.24, 2.45) is 17.8 Å². The van der Waals surface area contributed by atoms with Crippen LogP contribution in [-0.2, 0) is 13.5 Å². The van der Waals surface area contributed by atoms with Crippen LogP contribution in [0.2, 0.25) is 0 Å². The first-order chi connectivity index (χ1) is 12.2. The van der Waals surface area contributed by atoms with Crippen molar-refractivity contribution in [3.63, 3.8) is 0 Å². The zero-order valence-electron chi connectivity index (χ0n) is 14.1. The number of aromatic nitrogens is 2. The maximum atomic E-state index is 5.95. The number of rotatable bonds is 6. The van der Waals surface area contributed by atoms with Gasteiger partial charge in [0.1, 0.15) is 11.5 Å². The van der Waals surface area contributed by atoms with Gasteiger partial charge in [0.05, 0.1) is 6.20 Å². The van der Waals surface area contributed by atoms with Crippen molar-refractivity contribution in [1.29, 1.82) is 0 Å². The van der Waals surface area contributed by atoms with Crippen LogP contribution in [0, 0.1) is 0 Å². The molecule has 0 atom stereocenters. The van der Waals surface area contributed by atoms with Crippen molar-refractivity contribution in [2.75, 3.05) is 11.9 Å². The molecule has 0 radical (unpaired) electrons. The van der Waals surface area contributed by atoms with Gasteiger partial charge >= 0.3 is 0 Å². The molecule has 25 heavy (non-hydrogen) atoms.